The summed E-state index contributed by atoms with van der Waals surface area (Å²) in [6.07, 6.45) is 4.64. The zero-order valence-corrected chi connectivity index (χ0v) is 15.0. The third-order valence-corrected chi connectivity index (χ3v) is 5.31. The van der Waals surface area contributed by atoms with E-state index < -0.39 is 0 Å². The molecule has 0 N–H and O–H groups in total. The highest BCUT2D eigenvalue weighted by molar-refractivity contribution is 7.09. The van der Waals surface area contributed by atoms with Crippen molar-refractivity contribution in [3.8, 4) is 11.3 Å². The molecule has 26 heavy (non-hydrogen) atoms. The molecule has 6 heteroatoms. The first-order chi connectivity index (χ1) is 12.7. The van der Waals surface area contributed by atoms with Crippen molar-refractivity contribution in [1.29, 1.82) is 0 Å². The Bertz CT molecular complexity index is 870. The number of oxazole rings is 1. The van der Waals surface area contributed by atoms with Crippen LogP contribution in [0, 0.1) is 5.82 Å². The molecule has 2 aromatic heterocycles. The number of aryl methyl sites for hydroxylation is 1. The van der Waals surface area contributed by atoms with Crippen LogP contribution in [-0.2, 0) is 17.8 Å². The highest BCUT2D eigenvalue weighted by Gasteiger charge is 2.32. The van der Waals surface area contributed by atoms with Crippen LogP contribution in [0.5, 0.6) is 0 Å². The van der Waals surface area contributed by atoms with Crippen LogP contribution >= 0.6 is 11.3 Å². The Balaban J connectivity index is 1.37. The Morgan fingerprint density at radius 3 is 2.77 bits per heavy atom. The van der Waals surface area contributed by atoms with E-state index in [1.54, 1.807) is 29.7 Å². The van der Waals surface area contributed by atoms with Gasteiger partial charge in [-0.15, -0.1) is 11.3 Å². The second-order valence-corrected chi connectivity index (χ2v) is 7.49. The molecule has 0 bridgehead atoms. The van der Waals surface area contributed by atoms with E-state index >= 15 is 0 Å². The lowest BCUT2D eigenvalue weighted by Gasteiger charge is -2.21. The summed E-state index contributed by atoms with van der Waals surface area (Å²) in [6, 6.07) is 10.5. The molecule has 0 saturated heterocycles. The standard InChI is InChI=1S/C20H19FN2O2S/c21-15-5-3-14(4-6-15)18-12-22-19(25-18)9-10-20(24)23(16-7-8-16)13-17-2-1-11-26-17/h1-6,11-12,16H,7-10,13H2. The van der Waals surface area contributed by atoms with E-state index in [1.165, 1.54) is 17.0 Å². The number of amides is 1. The molecular formula is C20H19FN2O2S. The molecule has 4 rings (SSSR count). The lowest BCUT2D eigenvalue weighted by molar-refractivity contribution is -0.132. The number of carbonyl (C=O) groups excluding carboxylic acids is 1. The maximum Gasteiger partial charge on any atom is 0.223 e. The van der Waals surface area contributed by atoms with Gasteiger partial charge >= 0.3 is 0 Å². The maximum absolute atomic E-state index is 13.0. The van der Waals surface area contributed by atoms with Gasteiger partial charge in [-0.25, -0.2) is 9.37 Å². The van der Waals surface area contributed by atoms with Gasteiger partial charge in [0.2, 0.25) is 5.91 Å². The average molecular weight is 370 g/mol. The van der Waals surface area contributed by atoms with Crippen molar-refractivity contribution >= 4 is 17.2 Å². The number of benzene rings is 1. The monoisotopic (exact) mass is 370 g/mol. The Labute approximate surface area is 155 Å². The number of rotatable bonds is 7. The second-order valence-electron chi connectivity index (χ2n) is 6.46. The topological polar surface area (TPSA) is 46.3 Å². The molecule has 0 spiro atoms. The zero-order chi connectivity index (χ0) is 17.9. The first-order valence-electron chi connectivity index (χ1n) is 8.71. The Morgan fingerprint density at radius 2 is 2.08 bits per heavy atom. The number of hydrogen-bond acceptors (Lipinski definition) is 4. The summed E-state index contributed by atoms with van der Waals surface area (Å²) in [5.41, 5.74) is 0.772. The van der Waals surface area contributed by atoms with Gasteiger partial charge in [-0.3, -0.25) is 4.79 Å². The van der Waals surface area contributed by atoms with Crippen LogP contribution in [0.1, 0.15) is 30.0 Å². The number of nitrogens with zero attached hydrogens (tertiary/aromatic N) is 2. The Kier molecular flexibility index (Phi) is 4.84. The van der Waals surface area contributed by atoms with E-state index in [4.69, 9.17) is 4.42 Å². The third-order valence-electron chi connectivity index (χ3n) is 4.45. The lowest BCUT2D eigenvalue weighted by Crippen LogP contribution is -2.32. The second kappa shape index (κ2) is 7.41. The van der Waals surface area contributed by atoms with E-state index in [-0.39, 0.29) is 11.7 Å². The van der Waals surface area contributed by atoms with Gasteiger partial charge in [-0.05, 0) is 48.6 Å². The summed E-state index contributed by atoms with van der Waals surface area (Å²) in [7, 11) is 0. The minimum absolute atomic E-state index is 0.141. The fraction of sp³-hybridized carbons (Fsp3) is 0.300. The van der Waals surface area contributed by atoms with Gasteiger partial charge < -0.3 is 9.32 Å². The summed E-state index contributed by atoms with van der Waals surface area (Å²) in [4.78, 5) is 20.1. The lowest BCUT2D eigenvalue weighted by atomic mass is 10.2. The van der Waals surface area contributed by atoms with Gasteiger partial charge in [0.25, 0.3) is 0 Å². The van der Waals surface area contributed by atoms with Crippen LogP contribution in [0.4, 0.5) is 4.39 Å². The van der Waals surface area contributed by atoms with Crippen LogP contribution in [0.25, 0.3) is 11.3 Å². The van der Waals surface area contributed by atoms with Crippen molar-refractivity contribution in [3.63, 3.8) is 0 Å². The van der Waals surface area contributed by atoms with Gasteiger partial charge in [0.05, 0.1) is 12.7 Å². The summed E-state index contributed by atoms with van der Waals surface area (Å²) in [5.74, 6) is 0.974. The molecule has 1 aliphatic carbocycles. The molecule has 2 heterocycles. The molecule has 4 nitrogen and oxygen atoms in total. The molecular weight excluding hydrogens is 351 g/mol. The van der Waals surface area contributed by atoms with Crippen molar-refractivity contribution in [2.75, 3.05) is 0 Å². The fourth-order valence-electron chi connectivity index (χ4n) is 2.91. The smallest absolute Gasteiger partial charge is 0.223 e. The van der Waals surface area contributed by atoms with E-state index in [0.717, 1.165) is 18.4 Å². The highest BCUT2D eigenvalue weighted by Crippen LogP contribution is 2.30. The first-order valence-corrected chi connectivity index (χ1v) is 9.59. The van der Waals surface area contributed by atoms with Gasteiger partial charge in [0, 0.05) is 29.3 Å². The largest absolute Gasteiger partial charge is 0.441 e. The van der Waals surface area contributed by atoms with Crippen molar-refractivity contribution in [3.05, 3.63) is 64.6 Å². The SMILES string of the molecule is O=C(CCc1ncc(-c2ccc(F)cc2)o1)N(Cc1cccs1)C1CC1. The zero-order valence-electron chi connectivity index (χ0n) is 14.2. The first kappa shape index (κ1) is 17.0. The molecule has 1 aromatic carbocycles. The molecule has 0 radical (unpaired) electrons. The number of carbonyl (C=O) groups is 1. The van der Waals surface area contributed by atoms with Crippen molar-refractivity contribution in [2.45, 2.75) is 38.3 Å². The number of thiophene rings is 1. The Morgan fingerprint density at radius 1 is 1.27 bits per heavy atom. The Hall–Kier alpha value is -2.47. The molecule has 0 aliphatic heterocycles. The highest BCUT2D eigenvalue weighted by atomic mass is 32.1. The van der Waals surface area contributed by atoms with Crippen LogP contribution in [0.2, 0.25) is 0 Å². The number of halogens is 1. The predicted molar refractivity (Wildman–Crippen MR) is 98.1 cm³/mol. The normalized spacial score (nSPS) is 13.7. The van der Waals surface area contributed by atoms with E-state index in [0.29, 0.717) is 37.1 Å². The number of aromatic nitrogens is 1. The van der Waals surface area contributed by atoms with Crippen LogP contribution in [-0.4, -0.2) is 21.8 Å². The molecule has 1 amide bonds. The van der Waals surface area contributed by atoms with Gasteiger partial charge in [-0.1, -0.05) is 6.07 Å². The third kappa shape index (κ3) is 4.02. The summed E-state index contributed by atoms with van der Waals surface area (Å²) in [5, 5.41) is 2.04. The molecule has 1 saturated carbocycles. The van der Waals surface area contributed by atoms with Crippen LogP contribution < -0.4 is 0 Å². The van der Waals surface area contributed by atoms with Crippen molar-refractivity contribution in [1.82, 2.24) is 9.88 Å². The van der Waals surface area contributed by atoms with Crippen LogP contribution in [0.3, 0.4) is 0 Å². The molecule has 1 aliphatic rings. The summed E-state index contributed by atoms with van der Waals surface area (Å²) in [6.45, 7) is 0.688. The minimum Gasteiger partial charge on any atom is -0.441 e. The summed E-state index contributed by atoms with van der Waals surface area (Å²) < 4.78 is 18.7. The van der Waals surface area contributed by atoms with Gasteiger partial charge in [0.1, 0.15) is 5.82 Å². The molecule has 3 aromatic rings. The fourth-order valence-corrected chi connectivity index (χ4v) is 3.61. The maximum atomic E-state index is 13.0. The van der Waals surface area contributed by atoms with E-state index in [9.17, 15) is 9.18 Å². The predicted octanol–water partition coefficient (Wildman–Crippen LogP) is 4.67. The molecule has 0 atom stereocenters. The van der Waals surface area contributed by atoms with E-state index in [1.807, 2.05) is 16.3 Å². The van der Waals surface area contributed by atoms with Crippen molar-refractivity contribution < 1.29 is 13.6 Å². The minimum atomic E-state index is -0.287. The molecule has 1 fully saturated rings. The van der Waals surface area contributed by atoms with Gasteiger partial charge in [-0.2, -0.15) is 0 Å². The summed E-state index contributed by atoms with van der Waals surface area (Å²) >= 11 is 1.68. The number of hydrogen-bond donors (Lipinski definition) is 0. The molecule has 134 valence electrons. The van der Waals surface area contributed by atoms with Crippen molar-refractivity contribution in [2.24, 2.45) is 0 Å². The quantitative estimate of drug-likeness (QED) is 0.607. The van der Waals surface area contributed by atoms with E-state index in [2.05, 4.69) is 11.1 Å². The molecule has 0 unspecified atom stereocenters. The van der Waals surface area contributed by atoms with Crippen LogP contribution in [0.15, 0.2) is 52.4 Å². The van der Waals surface area contributed by atoms with Gasteiger partial charge in [0.15, 0.2) is 11.7 Å². The average Bonchev–Trinajstić information content (AvgIpc) is 3.16.